The van der Waals surface area contributed by atoms with Crippen molar-refractivity contribution in [3.05, 3.63) is 58.0 Å². The lowest BCUT2D eigenvalue weighted by molar-refractivity contribution is 0.628. The second-order valence-electron chi connectivity index (χ2n) is 4.52. The summed E-state index contributed by atoms with van der Waals surface area (Å²) in [5.74, 6) is 0.328. The SMILES string of the molecule is CN(c1cccc(F)c1)c1nc(Cl)nc2cc(Br)ccc12. The van der Waals surface area contributed by atoms with Gasteiger partial charge in [0.1, 0.15) is 11.6 Å². The Morgan fingerprint density at radius 3 is 2.71 bits per heavy atom. The molecule has 0 aliphatic heterocycles. The average molecular weight is 367 g/mol. The highest BCUT2D eigenvalue weighted by Crippen LogP contribution is 2.31. The van der Waals surface area contributed by atoms with Crippen molar-refractivity contribution in [2.24, 2.45) is 0 Å². The standard InChI is InChI=1S/C15H10BrClFN3/c1-21(11-4-2-3-10(18)8-11)14-12-6-5-9(16)7-13(12)19-15(17)20-14/h2-8H,1H3. The first kappa shape index (κ1) is 14.2. The second-order valence-corrected chi connectivity index (χ2v) is 5.77. The van der Waals surface area contributed by atoms with Crippen LogP contribution >= 0.6 is 27.5 Å². The van der Waals surface area contributed by atoms with E-state index in [-0.39, 0.29) is 11.1 Å². The summed E-state index contributed by atoms with van der Waals surface area (Å²) < 4.78 is 14.3. The van der Waals surface area contributed by atoms with Gasteiger partial charge in [0.05, 0.1) is 5.52 Å². The van der Waals surface area contributed by atoms with E-state index in [9.17, 15) is 4.39 Å². The summed E-state index contributed by atoms with van der Waals surface area (Å²) in [5.41, 5.74) is 1.41. The first-order valence-corrected chi connectivity index (χ1v) is 7.34. The van der Waals surface area contributed by atoms with Gasteiger partial charge in [0.15, 0.2) is 0 Å². The lowest BCUT2D eigenvalue weighted by Crippen LogP contribution is -2.12. The van der Waals surface area contributed by atoms with Crippen LogP contribution in [-0.4, -0.2) is 17.0 Å². The number of rotatable bonds is 2. The quantitative estimate of drug-likeness (QED) is 0.601. The van der Waals surface area contributed by atoms with Crippen LogP contribution in [0.15, 0.2) is 46.9 Å². The summed E-state index contributed by atoms with van der Waals surface area (Å²) in [6, 6.07) is 12.0. The summed E-state index contributed by atoms with van der Waals surface area (Å²) in [6.45, 7) is 0. The van der Waals surface area contributed by atoms with Crippen molar-refractivity contribution < 1.29 is 4.39 Å². The maximum atomic E-state index is 13.4. The Labute approximate surface area is 134 Å². The molecule has 0 N–H and O–H groups in total. The van der Waals surface area contributed by atoms with Gasteiger partial charge in [-0.3, -0.25) is 0 Å². The molecule has 0 saturated heterocycles. The van der Waals surface area contributed by atoms with Gasteiger partial charge < -0.3 is 4.90 Å². The van der Waals surface area contributed by atoms with Gasteiger partial charge in [-0.25, -0.2) is 9.37 Å². The number of benzene rings is 2. The number of hydrogen-bond acceptors (Lipinski definition) is 3. The third-order valence-corrected chi connectivity index (χ3v) is 3.79. The van der Waals surface area contributed by atoms with Gasteiger partial charge in [-0.1, -0.05) is 22.0 Å². The van der Waals surface area contributed by atoms with Crippen LogP contribution < -0.4 is 4.90 Å². The van der Waals surface area contributed by atoms with Gasteiger partial charge >= 0.3 is 0 Å². The highest BCUT2D eigenvalue weighted by molar-refractivity contribution is 9.10. The van der Waals surface area contributed by atoms with E-state index in [0.29, 0.717) is 11.5 Å². The highest BCUT2D eigenvalue weighted by atomic mass is 79.9. The Morgan fingerprint density at radius 1 is 1.14 bits per heavy atom. The minimum atomic E-state index is -0.299. The van der Waals surface area contributed by atoms with E-state index in [1.807, 2.05) is 31.3 Å². The topological polar surface area (TPSA) is 29.0 Å². The number of aromatic nitrogens is 2. The van der Waals surface area contributed by atoms with Crippen LogP contribution in [-0.2, 0) is 0 Å². The zero-order chi connectivity index (χ0) is 15.0. The Balaban J connectivity index is 2.19. The maximum Gasteiger partial charge on any atom is 0.224 e. The number of halogens is 3. The Kier molecular flexibility index (Phi) is 3.78. The number of nitrogens with zero attached hydrogens (tertiary/aromatic N) is 3. The molecule has 0 aliphatic carbocycles. The fourth-order valence-electron chi connectivity index (χ4n) is 2.12. The van der Waals surface area contributed by atoms with Crippen LogP contribution in [0.2, 0.25) is 5.28 Å². The summed E-state index contributed by atoms with van der Waals surface area (Å²) in [4.78, 5) is 10.3. The van der Waals surface area contributed by atoms with E-state index in [1.165, 1.54) is 12.1 Å². The molecule has 21 heavy (non-hydrogen) atoms. The number of anilines is 2. The van der Waals surface area contributed by atoms with Crippen molar-refractivity contribution in [3.8, 4) is 0 Å². The average Bonchev–Trinajstić information content (AvgIpc) is 2.45. The first-order valence-electron chi connectivity index (χ1n) is 6.17. The molecular formula is C15H10BrClFN3. The summed E-state index contributed by atoms with van der Waals surface area (Å²) in [6.07, 6.45) is 0. The molecule has 0 unspecified atom stereocenters. The molecule has 0 saturated carbocycles. The van der Waals surface area contributed by atoms with Crippen LogP contribution in [0.5, 0.6) is 0 Å². The van der Waals surface area contributed by atoms with Crippen molar-refractivity contribution in [1.29, 1.82) is 0 Å². The highest BCUT2D eigenvalue weighted by Gasteiger charge is 2.13. The molecule has 3 rings (SSSR count). The van der Waals surface area contributed by atoms with E-state index in [2.05, 4.69) is 25.9 Å². The van der Waals surface area contributed by atoms with Crippen LogP contribution in [0, 0.1) is 5.82 Å². The third kappa shape index (κ3) is 2.84. The minimum absolute atomic E-state index is 0.152. The van der Waals surface area contributed by atoms with Crippen LogP contribution in [0.4, 0.5) is 15.9 Å². The summed E-state index contributed by atoms with van der Waals surface area (Å²) in [7, 11) is 1.81. The monoisotopic (exact) mass is 365 g/mol. The first-order chi connectivity index (χ1) is 10.0. The third-order valence-electron chi connectivity index (χ3n) is 3.12. The van der Waals surface area contributed by atoms with Crippen molar-refractivity contribution in [3.63, 3.8) is 0 Å². The predicted molar refractivity (Wildman–Crippen MR) is 86.7 cm³/mol. The summed E-state index contributed by atoms with van der Waals surface area (Å²) in [5, 5.41) is 0.994. The zero-order valence-corrected chi connectivity index (χ0v) is 13.4. The predicted octanol–water partition coefficient (Wildman–Crippen LogP) is 4.95. The summed E-state index contributed by atoms with van der Waals surface area (Å²) >= 11 is 9.41. The molecule has 3 nitrogen and oxygen atoms in total. The Hall–Kier alpha value is -1.72. The Bertz CT molecular complexity index is 820. The molecule has 0 atom stereocenters. The molecule has 2 aromatic carbocycles. The molecule has 0 spiro atoms. The lowest BCUT2D eigenvalue weighted by Gasteiger charge is -2.20. The molecule has 6 heteroatoms. The van der Waals surface area contributed by atoms with Crippen molar-refractivity contribution in [2.75, 3.05) is 11.9 Å². The lowest BCUT2D eigenvalue weighted by atomic mass is 10.2. The van der Waals surface area contributed by atoms with Crippen molar-refractivity contribution >= 4 is 49.9 Å². The molecule has 106 valence electrons. The van der Waals surface area contributed by atoms with Crippen LogP contribution in [0.3, 0.4) is 0 Å². The van der Waals surface area contributed by atoms with Crippen molar-refractivity contribution in [2.45, 2.75) is 0 Å². The van der Waals surface area contributed by atoms with Gasteiger partial charge in [0.25, 0.3) is 0 Å². The van der Waals surface area contributed by atoms with E-state index in [1.54, 1.807) is 11.0 Å². The molecule has 1 heterocycles. The fourth-order valence-corrected chi connectivity index (χ4v) is 2.64. The Morgan fingerprint density at radius 2 is 1.95 bits per heavy atom. The van der Waals surface area contributed by atoms with E-state index in [0.717, 1.165) is 15.4 Å². The number of fused-ring (bicyclic) bond motifs is 1. The molecule has 0 fully saturated rings. The van der Waals surface area contributed by atoms with Gasteiger partial charge in [-0.05, 0) is 48.0 Å². The fraction of sp³-hybridized carbons (Fsp3) is 0.0667. The minimum Gasteiger partial charge on any atom is -0.329 e. The molecule has 0 bridgehead atoms. The maximum absolute atomic E-state index is 13.4. The van der Waals surface area contributed by atoms with Gasteiger partial charge in [0.2, 0.25) is 5.28 Å². The second kappa shape index (κ2) is 5.58. The molecule has 0 amide bonds. The zero-order valence-electron chi connectivity index (χ0n) is 11.0. The van der Waals surface area contributed by atoms with Gasteiger partial charge in [-0.15, -0.1) is 0 Å². The van der Waals surface area contributed by atoms with E-state index < -0.39 is 0 Å². The van der Waals surface area contributed by atoms with Crippen LogP contribution in [0.1, 0.15) is 0 Å². The number of hydrogen-bond donors (Lipinski definition) is 0. The smallest absolute Gasteiger partial charge is 0.224 e. The van der Waals surface area contributed by atoms with E-state index in [4.69, 9.17) is 11.6 Å². The molecule has 0 aliphatic rings. The van der Waals surface area contributed by atoms with Crippen molar-refractivity contribution in [1.82, 2.24) is 9.97 Å². The normalized spacial score (nSPS) is 10.9. The molecule has 0 radical (unpaired) electrons. The molecule has 3 aromatic rings. The largest absolute Gasteiger partial charge is 0.329 e. The van der Waals surface area contributed by atoms with Crippen LogP contribution in [0.25, 0.3) is 10.9 Å². The molecular weight excluding hydrogens is 357 g/mol. The molecule has 1 aromatic heterocycles. The van der Waals surface area contributed by atoms with Gasteiger partial charge in [-0.2, -0.15) is 4.98 Å². The van der Waals surface area contributed by atoms with Gasteiger partial charge in [0, 0.05) is 22.6 Å². The van der Waals surface area contributed by atoms with E-state index >= 15 is 0 Å².